The molecule has 1 heterocycles. The van der Waals surface area contributed by atoms with Crippen molar-refractivity contribution < 1.29 is 13.2 Å². The number of anilines is 1. The number of rotatable bonds is 5. The van der Waals surface area contributed by atoms with E-state index in [9.17, 15) is 8.42 Å². The first-order chi connectivity index (χ1) is 9.39. The molecule has 0 unspecified atom stereocenters. The Morgan fingerprint density at radius 3 is 2.85 bits per heavy atom. The summed E-state index contributed by atoms with van der Waals surface area (Å²) in [5.41, 5.74) is 6.60. The lowest BCUT2D eigenvalue weighted by atomic mass is 10.1. The molecule has 0 radical (unpaired) electrons. The van der Waals surface area contributed by atoms with Crippen LogP contribution in [0.3, 0.4) is 0 Å². The van der Waals surface area contributed by atoms with E-state index in [2.05, 4.69) is 14.0 Å². The van der Waals surface area contributed by atoms with Crippen molar-refractivity contribution in [3.8, 4) is 5.75 Å². The highest BCUT2D eigenvalue weighted by Gasteiger charge is 2.24. The summed E-state index contributed by atoms with van der Waals surface area (Å²) in [7, 11) is 0.232. The Hall–Kier alpha value is -1.80. The van der Waals surface area contributed by atoms with Crippen LogP contribution in [0.25, 0.3) is 0 Å². The van der Waals surface area contributed by atoms with Crippen molar-refractivity contribution in [2.24, 2.45) is 10.1 Å². The third kappa shape index (κ3) is 3.40. The van der Waals surface area contributed by atoms with Gasteiger partial charge in [-0.25, -0.2) is 0 Å². The van der Waals surface area contributed by atoms with E-state index in [4.69, 9.17) is 10.5 Å². The van der Waals surface area contributed by atoms with Crippen molar-refractivity contribution >= 4 is 21.7 Å². The van der Waals surface area contributed by atoms with E-state index >= 15 is 0 Å². The maximum Gasteiger partial charge on any atom is 0.344 e. The van der Waals surface area contributed by atoms with Crippen molar-refractivity contribution in [3.05, 3.63) is 23.8 Å². The van der Waals surface area contributed by atoms with Crippen LogP contribution in [-0.2, 0) is 10.2 Å². The molecule has 0 aliphatic carbocycles. The predicted molar refractivity (Wildman–Crippen MR) is 78.4 cm³/mol. The molecular formula is C12H18N4O3S. The van der Waals surface area contributed by atoms with Gasteiger partial charge in [-0.3, -0.25) is 4.72 Å². The molecule has 1 aromatic carbocycles. The largest absolute Gasteiger partial charge is 0.493 e. The number of nitrogens with two attached hydrogens (primary N) is 1. The molecule has 1 aromatic rings. The molecule has 0 atom stereocenters. The molecule has 0 bridgehead atoms. The van der Waals surface area contributed by atoms with Crippen LogP contribution in [0.15, 0.2) is 22.6 Å². The zero-order chi connectivity index (χ0) is 14.8. The Kier molecular flexibility index (Phi) is 4.15. The molecule has 7 nitrogen and oxygen atoms in total. The van der Waals surface area contributed by atoms with E-state index in [1.54, 1.807) is 18.2 Å². The van der Waals surface area contributed by atoms with E-state index in [0.717, 1.165) is 13.0 Å². The van der Waals surface area contributed by atoms with Crippen LogP contribution in [0.4, 0.5) is 5.69 Å². The quantitative estimate of drug-likeness (QED) is 0.767. The van der Waals surface area contributed by atoms with Gasteiger partial charge in [-0.2, -0.15) is 8.42 Å². The molecule has 1 aliphatic rings. The first-order valence-corrected chi connectivity index (χ1v) is 7.62. The normalized spacial score (nSPS) is 16.2. The first kappa shape index (κ1) is 14.6. The third-order valence-electron chi connectivity index (χ3n) is 2.75. The number of benzene rings is 1. The Morgan fingerprint density at radius 2 is 2.15 bits per heavy atom. The fourth-order valence-electron chi connectivity index (χ4n) is 1.90. The zero-order valence-corrected chi connectivity index (χ0v) is 12.3. The van der Waals surface area contributed by atoms with Gasteiger partial charge in [0.15, 0.2) is 5.84 Å². The molecule has 1 aliphatic heterocycles. The van der Waals surface area contributed by atoms with Gasteiger partial charge in [-0.1, -0.05) is 6.07 Å². The minimum atomic E-state index is -3.75. The SMILES string of the molecule is CN(C)CCCOc1cccc2c1C(N)=NS(=O)(=O)N2. The van der Waals surface area contributed by atoms with Gasteiger partial charge in [0.1, 0.15) is 5.75 Å². The molecule has 20 heavy (non-hydrogen) atoms. The van der Waals surface area contributed by atoms with E-state index in [1.807, 2.05) is 14.1 Å². The molecule has 0 amide bonds. The first-order valence-electron chi connectivity index (χ1n) is 6.18. The van der Waals surface area contributed by atoms with Gasteiger partial charge in [-0.15, -0.1) is 4.40 Å². The summed E-state index contributed by atoms with van der Waals surface area (Å²) in [6, 6.07) is 5.08. The highest BCUT2D eigenvalue weighted by atomic mass is 32.2. The van der Waals surface area contributed by atoms with Gasteiger partial charge in [0.2, 0.25) is 0 Å². The van der Waals surface area contributed by atoms with E-state index in [-0.39, 0.29) is 5.84 Å². The fourth-order valence-corrected chi connectivity index (χ4v) is 2.74. The molecule has 0 saturated carbocycles. The fraction of sp³-hybridized carbons (Fsp3) is 0.417. The number of nitrogens with zero attached hydrogens (tertiary/aromatic N) is 2. The summed E-state index contributed by atoms with van der Waals surface area (Å²) in [5, 5.41) is 0. The van der Waals surface area contributed by atoms with Gasteiger partial charge in [0.05, 0.1) is 17.9 Å². The van der Waals surface area contributed by atoms with Gasteiger partial charge in [-0.05, 0) is 32.6 Å². The highest BCUT2D eigenvalue weighted by Crippen LogP contribution is 2.30. The summed E-state index contributed by atoms with van der Waals surface area (Å²) in [4.78, 5) is 2.06. The second-order valence-corrected chi connectivity index (χ2v) is 6.07. The summed E-state index contributed by atoms with van der Waals surface area (Å²) in [5.74, 6) is 0.479. The summed E-state index contributed by atoms with van der Waals surface area (Å²) in [6.45, 7) is 1.43. The molecular weight excluding hydrogens is 280 g/mol. The van der Waals surface area contributed by atoms with E-state index in [0.29, 0.717) is 23.6 Å². The van der Waals surface area contributed by atoms with E-state index < -0.39 is 10.2 Å². The molecule has 0 fully saturated rings. The number of hydrogen-bond acceptors (Lipinski definition) is 5. The summed E-state index contributed by atoms with van der Waals surface area (Å²) < 4.78 is 34.3. The van der Waals surface area contributed by atoms with Gasteiger partial charge in [0.25, 0.3) is 0 Å². The van der Waals surface area contributed by atoms with Crippen molar-refractivity contribution in [3.63, 3.8) is 0 Å². The lowest BCUT2D eigenvalue weighted by molar-refractivity contribution is 0.281. The summed E-state index contributed by atoms with van der Waals surface area (Å²) >= 11 is 0. The van der Waals surface area contributed by atoms with Crippen molar-refractivity contribution in [1.29, 1.82) is 0 Å². The van der Waals surface area contributed by atoms with Crippen LogP contribution >= 0.6 is 0 Å². The van der Waals surface area contributed by atoms with Crippen molar-refractivity contribution in [2.75, 3.05) is 32.0 Å². The Balaban J connectivity index is 2.17. The Morgan fingerprint density at radius 1 is 1.40 bits per heavy atom. The number of nitrogens with one attached hydrogen (secondary N) is 1. The van der Waals surface area contributed by atoms with E-state index in [1.165, 1.54) is 0 Å². The Labute approximate surface area is 118 Å². The maximum atomic E-state index is 11.4. The monoisotopic (exact) mass is 298 g/mol. The predicted octanol–water partition coefficient (Wildman–Crippen LogP) is 0.393. The number of ether oxygens (including phenoxy) is 1. The highest BCUT2D eigenvalue weighted by molar-refractivity contribution is 7.91. The molecule has 0 spiro atoms. The Bertz CT molecular complexity index is 626. The second kappa shape index (κ2) is 5.68. The molecule has 2 rings (SSSR count). The van der Waals surface area contributed by atoms with Crippen molar-refractivity contribution in [2.45, 2.75) is 6.42 Å². The molecule has 8 heteroatoms. The van der Waals surface area contributed by atoms with Gasteiger partial charge < -0.3 is 15.4 Å². The van der Waals surface area contributed by atoms with Crippen LogP contribution in [0.5, 0.6) is 5.75 Å². The van der Waals surface area contributed by atoms with Crippen LogP contribution in [-0.4, -0.2) is 46.4 Å². The lowest BCUT2D eigenvalue weighted by Gasteiger charge is -2.19. The topological polar surface area (TPSA) is 97.0 Å². The standard InChI is InChI=1S/C12H18N4O3S/c1-16(2)7-4-8-19-10-6-3-5-9-11(10)12(13)15-20(17,18)14-9/h3,5-6,14H,4,7-8H2,1-2H3,(H2,13,15). The van der Waals surface area contributed by atoms with Crippen LogP contribution in [0.2, 0.25) is 0 Å². The summed E-state index contributed by atoms with van der Waals surface area (Å²) in [6.07, 6.45) is 0.861. The molecule has 110 valence electrons. The van der Waals surface area contributed by atoms with Gasteiger partial charge in [0, 0.05) is 6.54 Å². The zero-order valence-electron chi connectivity index (χ0n) is 11.5. The molecule has 3 N–H and O–H groups in total. The smallest absolute Gasteiger partial charge is 0.344 e. The number of fused-ring (bicyclic) bond motifs is 1. The minimum Gasteiger partial charge on any atom is -0.493 e. The number of amidine groups is 1. The average Bonchev–Trinajstić information content (AvgIpc) is 2.32. The maximum absolute atomic E-state index is 11.4. The molecule has 0 aromatic heterocycles. The van der Waals surface area contributed by atoms with Crippen LogP contribution in [0.1, 0.15) is 12.0 Å². The van der Waals surface area contributed by atoms with Gasteiger partial charge >= 0.3 is 10.2 Å². The lowest BCUT2D eigenvalue weighted by Crippen LogP contribution is -2.27. The molecule has 0 saturated heterocycles. The third-order valence-corrected chi connectivity index (χ3v) is 3.66. The van der Waals surface area contributed by atoms with Crippen molar-refractivity contribution in [1.82, 2.24) is 4.90 Å². The average molecular weight is 298 g/mol. The minimum absolute atomic E-state index is 0.0537. The van der Waals surface area contributed by atoms with Crippen LogP contribution in [0, 0.1) is 0 Å². The van der Waals surface area contributed by atoms with Crippen LogP contribution < -0.4 is 15.2 Å². The number of hydrogen-bond donors (Lipinski definition) is 2. The second-order valence-electron chi connectivity index (χ2n) is 4.74.